The number of hydrogen-bond donors (Lipinski definition) is 0. The van der Waals surface area contributed by atoms with Crippen molar-refractivity contribution in [3.05, 3.63) is 120 Å². The Morgan fingerprint density at radius 2 is 1.15 bits per heavy atom. The Bertz CT molecular complexity index is 1230. The third kappa shape index (κ3) is 5.90. The van der Waals surface area contributed by atoms with Gasteiger partial charge in [-0.15, -0.1) is 0 Å². The highest BCUT2D eigenvalue weighted by molar-refractivity contribution is 5.92. The molecule has 0 aliphatic carbocycles. The van der Waals surface area contributed by atoms with Gasteiger partial charge >= 0.3 is 11.9 Å². The van der Waals surface area contributed by atoms with Crippen LogP contribution in [0.25, 0.3) is 11.1 Å². The summed E-state index contributed by atoms with van der Waals surface area (Å²) in [4.78, 5) is 24.8. The molecule has 0 aliphatic heterocycles. The van der Waals surface area contributed by atoms with E-state index in [1.165, 1.54) is 0 Å². The lowest BCUT2D eigenvalue weighted by Crippen LogP contribution is -2.09. The van der Waals surface area contributed by atoms with Gasteiger partial charge in [0.1, 0.15) is 18.1 Å². The van der Waals surface area contributed by atoms with Gasteiger partial charge in [0.15, 0.2) is 0 Å². The van der Waals surface area contributed by atoms with Gasteiger partial charge in [-0.25, -0.2) is 9.59 Å². The summed E-state index contributed by atoms with van der Waals surface area (Å²) in [5.41, 5.74) is 3.74. The quantitative estimate of drug-likeness (QED) is 0.231. The van der Waals surface area contributed by atoms with Crippen LogP contribution in [0.15, 0.2) is 103 Å². The standard InChI is InChI=1S/C29H24O5/c1-2-32-26-16-12-23(13-17-26)22-8-10-25(11-9-22)29(31)34-27-18-14-24(15-19-27)28(30)33-20-21-6-4-3-5-7-21/h3-19H,2,20H2,1H3. The number of carbonyl (C=O) groups is 2. The summed E-state index contributed by atoms with van der Waals surface area (Å²) in [6.45, 7) is 2.77. The Hall–Kier alpha value is -4.38. The van der Waals surface area contributed by atoms with Crippen LogP contribution in [0.2, 0.25) is 0 Å². The Kier molecular flexibility index (Phi) is 7.35. The summed E-state index contributed by atoms with van der Waals surface area (Å²) in [7, 11) is 0. The topological polar surface area (TPSA) is 61.8 Å². The number of hydrogen-bond acceptors (Lipinski definition) is 5. The highest BCUT2D eigenvalue weighted by Crippen LogP contribution is 2.23. The molecule has 5 nitrogen and oxygen atoms in total. The number of rotatable bonds is 8. The highest BCUT2D eigenvalue weighted by Gasteiger charge is 2.11. The molecule has 0 N–H and O–H groups in total. The lowest BCUT2D eigenvalue weighted by Gasteiger charge is -2.08. The van der Waals surface area contributed by atoms with Crippen LogP contribution < -0.4 is 9.47 Å². The predicted octanol–water partition coefficient (Wildman–Crippen LogP) is 6.33. The maximum atomic E-state index is 12.5. The van der Waals surface area contributed by atoms with Crippen molar-refractivity contribution in [3.63, 3.8) is 0 Å². The highest BCUT2D eigenvalue weighted by atomic mass is 16.5. The van der Waals surface area contributed by atoms with Crippen molar-refractivity contribution >= 4 is 11.9 Å². The molecule has 0 aliphatic rings. The molecule has 0 saturated heterocycles. The molecule has 34 heavy (non-hydrogen) atoms. The van der Waals surface area contributed by atoms with Crippen LogP contribution in [-0.4, -0.2) is 18.5 Å². The van der Waals surface area contributed by atoms with Crippen molar-refractivity contribution in [1.29, 1.82) is 0 Å². The van der Waals surface area contributed by atoms with E-state index in [4.69, 9.17) is 14.2 Å². The maximum Gasteiger partial charge on any atom is 0.343 e. The predicted molar refractivity (Wildman–Crippen MR) is 130 cm³/mol. The van der Waals surface area contributed by atoms with E-state index in [1.54, 1.807) is 36.4 Å². The molecular formula is C29H24O5. The fourth-order valence-electron chi connectivity index (χ4n) is 3.34. The molecule has 4 aromatic rings. The Morgan fingerprint density at radius 3 is 1.76 bits per heavy atom. The van der Waals surface area contributed by atoms with Crippen molar-refractivity contribution in [1.82, 2.24) is 0 Å². The first-order valence-electron chi connectivity index (χ1n) is 11.0. The average molecular weight is 453 g/mol. The Balaban J connectivity index is 1.33. The minimum absolute atomic E-state index is 0.197. The third-order valence-electron chi connectivity index (χ3n) is 5.13. The Morgan fingerprint density at radius 1 is 0.618 bits per heavy atom. The third-order valence-corrected chi connectivity index (χ3v) is 5.13. The van der Waals surface area contributed by atoms with E-state index >= 15 is 0 Å². The number of ether oxygens (including phenoxy) is 3. The molecule has 5 heteroatoms. The SMILES string of the molecule is CCOc1ccc(-c2ccc(C(=O)Oc3ccc(C(=O)OCc4ccccc4)cc3)cc2)cc1. The van der Waals surface area contributed by atoms with E-state index in [2.05, 4.69) is 0 Å². The first-order valence-corrected chi connectivity index (χ1v) is 11.0. The van der Waals surface area contributed by atoms with Crippen LogP contribution in [0.4, 0.5) is 0 Å². The summed E-state index contributed by atoms with van der Waals surface area (Å²) in [6, 6.07) is 30.7. The average Bonchev–Trinajstić information content (AvgIpc) is 2.89. The molecule has 0 spiro atoms. The zero-order chi connectivity index (χ0) is 23.8. The zero-order valence-electron chi connectivity index (χ0n) is 18.8. The molecule has 0 amide bonds. The lowest BCUT2D eigenvalue weighted by molar-refractivity contribution is 0.0472. The Labute approximate surface area is 198 Å². The molecule has 0 heterocycles. The molecule has 0 saturated carbocycles. The van der Waals surface area contributed by atoms with Crippen molar-refractivity contribution in [2.24, 2.45) is 0 Å². The minimum atomic E-state index is -0.474. The molecule has 0 atom stereocenters. The first kappa shape index (κ1) is 22.8. The van der Waals surface area contributed by atoms with Gasteiger partial charge in [0.2, 0.25) is 0 Å². The molecule has 0 unspecified atom stereocenters. The van der Waals surface area contributed by atoms with Crippen LogP contribution in [0.3, 0.4) is 0 Å². The normalized spacial score (nSPS) is 10.4. The molecular weight excluding hydrogens is 428 g/mol. The molecule has 0 aromatic heterocycles. The second-order valence-corrected chi connectivity index (χ2v) is 7.51. The monoisotopic (exact) mass is 452 g/mol. The zero-order valence-corrected chi connectivity index (χ0v) is 18.8. The van der Waals surface area contributed by atoms with Gasteiger partial charge in [0.05, 0.1) is 17.7 Å². The number of esters is 2. The second kappa shape index (κ2) is 11.0. The molecule has 170 valence electrons. The summed E-state index contributed by atoms with van der Waals surface area (Å²) in [5, 5.41) is 0. The largest absolute Gasteiger partial charge is 0.494 e. The van der Waals surface area contributed by atoms with Crippen LogP contribution in [-0.2, 0) is 11.3 Å². The number of benzene rings is 4. The van der Waals surface area contributed by atoms with Crippen LogP contribution in [0.1, 0.15) is 33.2 Å². The van der Waals surface area contributed by atoms with E-state index in [-0.39, 0.29) is 6.61 Å². The van der Waals surface area contributed by atoms with E-state index in [0.717, 1.165) is 22.4 Å². The minimum Gasteiger partial charge on any atom is -0.494 e. The molecule has 0 radical (unpaired) electrons. The molecule has 0 fully saturated rings. The van der Waals surface area contributed by atoms with Gasteiger partial charge in [-0.2, -0.15) is 0 Å². The molecule has 4 aromatic carbocycles. The van der Waals surface area contributed by atoms with Crippen LogP contribution >= 0.6 is 0 Å². The van der Waals surface area contributed by atoms with Gasteiger partial charge in [-0.1, -0.05) is 54.6 Å². The first-order chi connectivity index (χ1) is 16.6. The summed E-state index contributed by atoms with van der Waals surface area (Å²) < 4.78 is 16.2. The number of carbonyl (C=O) groups excluding carboxylic acids is 2. The van der Waals surface area contributed by atoms with Gasteiger partial charge in [0.25, 0.3) is 0 Å². The van der Waals surface area contributed by atoms with Gasteiger partial charge < -0.3 is 14.2 Å². The fourth-order valence-corrected chi connectivity index (χ4v) is 3.34. The van der Waals surface area contributed by atoms with Crippen LogP contribution in [0, 0.1) is 0 Å². The summed E-state index contributed by atoms with van der Waals surface area (Å²) in [6.07, 6.45) is 0. The van der Waals surface area contributed by atoms with Crippen molar-refractivity contribution in [3.8, 4) is 22.6 Å². The second-order valence-electron chi connectivity index (χ2n) is 7.51. The van der Waals surface area contributed by atoms with Gasteiger partial charge in [-0.05, 0) is 72.1 Å². The summed E-state index contributed by atoms with van der Waals surface area (Å²) in [5.74, 6) is 0.256. The van der Waals surface area contributed by atoms with Gasteiger partial charge in [0, 0.05) is 0 Å². The summed E-state index contributed by atoms with van der Waals surface area (Å²) >= 11 is 0. The maximum absolute atomic E-state index is 12.5. The van der Waals surface area contributed by atoms with E-state index in [1.807, 2.05) is 73.7 Å². The van der Waals surface area contributed by atoms with E-state index in [9.17, 15) is 9.59 Å². The smallest absolute Gasteiger partial charge is 0.343 e. The fraction of sp³-hybridized carbons (Fsp3) is 0.103. The van der Waals surface area contributed by atoms with E-state index in [0.29, 0.717) is 23.5 Å². The van der Waals surface area contributed by atoms with Crippen molar-refractivity contribution in [2.45, 2.75) is 13.5 Å². The molecule has 0 bridgehead atoms. The van der Waals surface area contributed by atoms with Crippen LogP contribution in [0.5, 0.6) is 11.5 Å². The van der Waals surface area contributed by atoms with E-state index < -0.39 is 11.9 Å². The van der Waals surface area contributed by atoms with Crippen molar-refractivity contribution in [2.75, 3.05) is 6.61 Å². The molecule has 4 rings (SSSR count). The van der Waals surface area contributed by atoms with Gasteiger partial charge in [-0.3, -0.25) is 0 Å². The lowest BCUT2D eigenvalue weighted by atomic mass is 10.0. The van der Waals surface area contributed by atoms with Crippen molar-refractivity contribution < 1.29 is 23.8 Å².